The second-order valence-electron chi connectivity index (χ2n) is 8.23. The highest BCUT2D eigenvalue weighted by atomic mass is 16.1. The first-order valence-electron chi connectivity index (χ1n) is 8.76. The molecule has 6 atom stereocenters. The van der Waals surface area contributed by atoms with E-state index in [4.69, 9.17) is 0 Å². The lowest BCUT2D eigenvalue weighted by molar-refractivity contribution is -0.131. The van der Waals surface area contributed by atoms with Crippen LogP contribution in [0.3, 0.4) is 0 Å². The Hall–Kier alpha value is -0.920. The largest absolute Gasteiger partial charge is 0.299 e. The van der Waals surface area contributed by atoms with Crippen molar-refractivity contribution in [3.63, 3.8) is 0 Å². The maximum atomic E-state index is 12.4. The summed E-state index contributed by atoms with van der Waals surface area (Å²) in [5, 5.41) is 0. The zero-order valence-electron chi connectivity index (χ0n) is 13.2. The fourth-order valence-electron chi connectivity index (χ4n) is 6.29. The van der Waals surface area contributed by atoms with Gasteiger partial charge in [0.1, 0.15) is 11.6 Å². The fraction of sp³-hybridized carbons (Fsp3) is 0.789. The fourth-order valence-corrected chi connectivity index (χ4v) is 6.29. The van der Waals surface area contributed by atoms with Gasteiger partial charge in [-0.05, 0) is 55.3 Å². The van der Waals surface area contributed by atoms with E-state index in [1.165, 1.54) is 12.0 Å². The van der Waals surface area contributed by atoms with Crippen molar-refractivity contribution in [1.82, 2.24) is 0 Å². The molecule has 0 aliphatic heterocycles. The third-order valence-electron chi connectivity index (χ3n) is 7.31. The second-order valence-corrected chi connectivity index (χ2v) is 8.23. The van der Waals surface area contributed by atoms with Gasteiger partial charge in [-0.25, -0.2) is 0 Å². The zero-order valence-corrected chi connectivity index (χ0v) is 13.2. The van der Waals surface area contributed by atoms with Crippen molar-refractivity contribution in [2.24, 2.45) is 35.0 Å². The van der Waals surface area contributed by atoms with E-state index < -0.39 is 0 Å². The number of allylic oxidation sites excluding steroid dienone is 2. The maximum Gasteiger partial charge on any atom is 0.139 e. The molecule has 0 aromatic rings. The van der Waals surface area contributed by atoms with Gasteiger partial charge in [0.2, 0.25) is 0 Å². The summed E-state index contributed by atoms with van der Waals surface area (Å²) in [4.78, 5) is 24.2. The van der Waals surface area contributed by atoms with Gasteiger partial charge in [0.15, 0.2) is 0 Å². The molecule has 3 fully saturated rings. The lowest BCUT2D eigenvalue weighted by Crippen LogP contribution is -2.48. The molecule has 4 rings (SSSR count). The normalized spacial score (nSPS) is 49.2. The van der Waals surface area contributed by atoms with E-state index in [0.29, 0.717) is 41.7 Å². The molecule has 0 heterocycles. The number of Topliss-reactive ketones (excluding diaryl/α,β-unsaturated/α-hetero) is 2. The Kier molecular flexibility index (Phi) is 2.96. The number of rotatable bonds is 0. The van der Waals surface area contributed by atoms with E-state index in [1.54, 1.807) is 0 Å². The van der Waals surface area contributed by atoms with E-state index >= 15 is 0 Å². The van der Waals surface area contributed by atoms with Gasteiger partial charge in [-0.15, -0.1) is 0 Å². The SMILES string of the molecule is C[C@@H]1C=C2CC(=O)CC[C@@H]2[C@H]2CC[C@]3(C)C(=O)CC[C@H]3[C@@H]21. The third-order valence-corrected chi connectivity index (χ3v) is 7.31. The standard InChI is InChI=1S/C19H26O2/c1-11-9-12-10-13(20)3-4-14(12)15-7-8-19(2)16(18(11)15)5-6-17(19)21/h9,11,14-16,18H,3-8,10H2,1-2H3/t11-,14+,15-,16+,18-,19+/m1/s1. The average molecular weight is 286 g/mol. The van der Waals surface area contributed by atoms with Crippen molar-refractivity contribution in [1.29, 1.82) is 0 Å². The molecule has 2 heteroatoms. The molecule has 0 spiro atoms. The minimum absolute atomic E-state index is 0.0365. The summed E-state index contributed by atoms with van der Waals surface area (Å²) in [5.41, 5.74) is 1.40. The van der Waals surface area contributed by atoms with Crippen LogP contribution in [0.5, 0.6) is 0 Å². The van der Waals surface area contributed by atoms with Crippen molar-refractivity contribution in [2.45, 2.75) is 58.8 Å². The molecular formula is C19H26O2. The molecule has 4 aliphatic rings. The van der Waals surface area contributed by atoms with Gasteiger partial charge in [-0.1, -0.05) is 25.5 Å². The molecular weight excluding hydrogens is 260 g/mol. The third kappa shape index (κ3) is 1.83. The van der Waals surface area contributed by atoms with Crippen LogP contribution in [-0.2, 0) is 9.59 Å². The predicted molar refractivity (Wildman–Crippen MR) is 81.6 cm³/mol. The average Bonchev–Trinajstić information content (AvgIpc) is 2.74. The minimum Gasteiger partial charge on any atom is -0.299 e. The van der Waals surface area contributed by atoms with Crippen LogP contribution in [0.15, 0.2) is 11.6 Å². The summed E-state index contributed by atoms with van der Waals surface area (Å²) >= 11 is 0. The van der Waals surface area contributed by atoms with Gasteiger partial charge in [-0.3, -0.25) is 9.59 Å². The summed E-state index contributed by atoms with van der Waals surface area (Å²) in [6.07, 6.45) is 9.16. The Morgan fingerprint density at radius 1 is 1.14 bits per heavy atom. The number of fused-ring (bicyclic) bond motifs is 5. The first-order chi connectivity index (χ1) is 10.0. The van der Waals surface area contributed by atoms with Crippen molar-refractivity contribution in [3.05, 3.63) is 11.6 Å². The summed E-state index contributed by atoms with van der Waals surface area (Å²) < 4.78 is 0. The van der Waals surface area contributed by atoms with E-state index in [9.17, 15) is 9.59 Å². The summed E-state index contributed by atoms with van der Waals surface area (Å²) in [5.74, 6) is 4.14. The zero-order chi connectivity index (χ0) is 14.8. The van der Waals surface area contributed by atoms with Crippen LogP contribution < -0.4 is 0 Å². The van der Waals surface area contributed by atoms with Crippen molar-refractivity contribution in [3.8, 4) is 0 Å². The Bertz CT molecular complexity index is 532. The molecule has 0 N–H and O–H groups in total. The Morgan fingerprint density at radius 3 is 2.76 bits per heavy atom. The quantitative estimate of drug-likeness (QED) is 0.632. The van der Waals surface area contributed by atoms with Crippen LogP contribution in [0.25, 0.3) is 0 Å². The highest BCUT2D eigenvalue weighted by molar-refractivity contribution is 5.87. The molecule has 0 radical (unpaired) electrons. The highest BCUT2D eigenvalue weighted by Crippen LogP contribution is 2.61. The number of ketones is 2. The number of hydrogen-bond donors (Lipinski definition) is 0. The van der Waals surface area contributed by atoms with Crippen LogP contribution >= 0.6 is 0 Å². The molecule has 2 nitrogen and oxygen atoms in total. The molecule has 4 aliphatic carbocycles. The van der Waals surface area contributed by atoms with E-state index in [-0.39, 0.29) is 5.41 Å². The smallest absolute Gasteiger partial charge is 0.139 e. The Labute approximate surface area is 127 Å². The molecule has 21 heavy (non-hydrogen) atoms. The van der Waals surface area contributed by atoms with E-state index in [2.05, 4.69) is 19.9 Å². The number of carbonyl (C=O) groups excluding carboxylic acids is 2. The van der Waals surface area contributed by atoms with Gasteiger partial charge >= 0.3 is 0 Å². The first kappa shape index (κ1) is 13.7. The molecule has 114 valence electrons. The van der Waals surface area contributed by atoms with Crippen LogP contribution in [0.4, 0.5) is 0 Å². The van der Waals surface area contributed by atoms with Crippen LogP contribution in [-0.4, -0.2) is 11.6 Å². The second kappa shape index (κ2) is 4.54. The molecule has 0 unspecified atom stereocenters. The number of carbonyl (C=O) groups is 2. The van der Waals surface area contributed by atoms with Gasteiger partial charge in [0, 0.05) is 24.7 Å². The topological polar surface area (TPSA) is 34.1 Å². The minimum atomic E-state index is -0.0365. The lowest BCUT2D eigenvalue weighted by atomic mass is 9.51. The van der Waals surface area contributed by atoms with Crippen LogP contribution in [0, 0.1) is 35.0 Å². The summed E-state index contributed by atoms with van der Waals surface area (Å²) in [7, 11) is 0. The van der Waals surface area contributed by atoms with Gasteiger partial charge < -0.3 is 0 Å². The lowest BCUT2D eigenvalue weighted by Gasteiger charge is -2.53. The summed E-state index contributed by atoms with van der Waals surface area (Å²) in [6, 6.07) is 0. The van der Waals surface area contributed by atoms with E-state index in [0.717, 1.165) is 38.0 Å². The van der Waals surface area contributed by atoms with Crippen molar-refractivity contribution in [2.75, 3.05) is 0 Å². The molecule has 0 aromatic carbocycles. The maximum absolute atomic E-state index is 12.4. The molecule has 0 aromatic heterocycles. The van der Waals surface area contributed by atoms with Gasteiger partial charge in [0.25, 0.3) is 0 Å². The predicted octanol–water partition coefficient (Wildman–Crippen LogP) is 3.94. The summed E-state index contributed by atoms with van der Waals surface area (Å²) in [6.45, 7) is 4.56. The van der Waals surface area contributed by atoms with Gasteiger partial charge in [-0.2, -0.15) is 0 Å². The van der Waals surface area contributed by atoms with Crippen molar-refractivity contribution < 1.29 is 9.59 Å². The Balaban J connectivity index is 1.70. The highest BCUT2D eigenvalue weighted by Gasteiger charge is 2.57. The molecule has 0 amide bonds. The van der Waals surface area contributed by atoms with Crippen LogP contribution in [0.1, 0.15) is 58.8 Å². The molecule has 0 bridgehead atoms. The molecule has 3 saturated carbocycles. The van der Waals surface area contributed by atoms with Crippen molar-refractivity contribution >= 4 is 11.6 Å². The first-order valence-corrected chi connectivity index (χ1v) is 8.76. The van der Waals surface area contributed by atoms with Gasteiger partial charge in [0.05, 0.1) is 0 Å². The van der Waals surface area contributed by atoms with Crippen LogP contribution in [0.2, 0.25) is 0 Å². The number of hydrogen-bond acceptors (Lipinski definition) is 2. The monoisotopic (exact) mass is 286 g/mol. The molecule has 0 saturated heterocycles. The Morgan fingerprint density at radius 2 is 1.95 bits per heavy atom. The van der Waals surface area contributed by atoms with E-state index in [1.807, 2.05) is 0 Å².